The summed E-state index contributed by atoms with van der Waals surface area (Å²) in [5.41, 5.74) is 2.61. The lowest BCUT2D eigenvalue weighted by Crippen LogP contribution is -2.14. The lowest BCUT2D eigenvalue weighted by molar-refractivity contribution is 0.413. The molecule has 0 aliphatic rings. The molecule has 0 atom stereocenters. The van der Waals surface area contributed by atoms with Crippen LogP contribution in [0.4, 0.5) is 5.69 Å². The van der Waals surface area contributed by atoms with Gasteiger partial charge in [-0.25, -0.2) is 0 Å². The van der Waals surface area contributed by atoms with Gasteiger partial charge in [-0.15, -0.1) is 0 Å². The second-order valence-corrected chi connectivity index (χ2v) is 3.78. The van der Waals surface area contributed by atoms with E-state index in [4.69, 9.17) is 0 Å². The van der Waals surface area contributed by atoms with Crippen LogP contribution in [0, 0.1) is 0 Å². The highest BCUT2D eigenvalue weighted by molar-refractivity contribution is 5.44. The van der Waals surface area contributed by atoms with Crippen LogP contribution >= 0.6 is 0 Å². The molecule has 1 aromatic carbocycles. The maximum absolute atomic E-state index is 3.29. The molecule has 0 unspecified atom stereocenters. The van der Waals surface area contributed by atoms with E-state index in [-0.39, 0.29) is 0 Å². The molecule has 0 heterocycles. The zero-order chi connectivity index (χ0) is 10.4. The summed E-state index contributed by atoms with van der Waals surface area (Å²) in [5, 5.41) is 3.29. The van der Waals surface area contributed by atoms with Crippen molar-refractivity contribution in [1.82, 2.24) is 4.90 Å². The van der Waals surface area contributed by atoms with Crippen molar-refractivity contribution in [3.8, 4) is 0 Å². The molecule has 2 heteroatoms. The van der Waals surface area contributed by atoms with Gasteiger partial charge in [-0.2, -0.15) is 0 Å². The summed E-state index contributed by atoms with van der Waals surface area (Å²) < 4.78 is 0. The average Bonchev–Trinajstić information content (AvgIpc) is 2.17. The number of rotatable bonds is 5. The average molecular weight is 192 g/mol. The monoisotopic (exact) mass is 192 g/mol. The fourth-order valence-electron chi connectivity index (χ4n) is 1.35. The van der Waals surface area contributed by atoms with Crippen LogP contribution in [0.2, 0.25) is 0 Å². The van der Waals surface area contributed by atoms with Crippen molar-refractivity contribution in [3.63, 3.8) is 0 Å². The molecule has 78 valence electrons. The van der Waals surface area contributed by atoms with E-state index in [0.717, 1.165) is 19.5 Å². The quantitative estimate of drug-likeness (QED) is 0.769. The number of benzene rings is 1. The molecule has 1 aromatic rings. The number of nitrogens with one attached hydrogen (secondary N) is 1. The molecule has 1 N–H and O–H groups in total. The van der Waals surface area contributed by atoms with Crippen LogP contribution in [-0.4, -0.2) is 32.1 Å². The second-order valence-electron chi connectivity index (χ2n) is 3.78. The third kappa shape index (κ3) is 3.79. The Hall–Kier alpha value is -1.02. The van der Waals surface area contributed by atoms with Crippen molar-refractivity contribution >= 4 is 5.69 Å². The predicted molar refractivity (Wildman–Crippen MR) is 62.9 cm³/mol. The highest BCUT2D eigenvalue weighted by Gasteiger charge is 1.95. The highest BCUT2D eigenvalue weighted by atomic mass is 15.0. The number of nitrogens with zero attached hydrogens (tertiary/aromatic N) is 1. The Labute approximate surface area is 86.9 Å². The minimum absolute atomic E-state index is 0.983. The Morgan fingerprint density at radius 1 is 1.14 bits per heavy atom. The van der Waals surface area contributed by atoms with Crippen LogP contribution in [0.3, 0.4) is 0 Å². The fourth-order valence-corrected chi connectivity index (χ4v) is 1.35. The van der Waals surface area contributed by atoms with Crippen LogP contribution in [0.5, 0.6) is 0 Å². The number of likely N-dealkylation sites (N-methyl/N-ethyl adjacent to an activating group) is 1. The molecule has 0 aliphatic carbocycles. The van der Waals surface area contributed by atoms with Crippen molar-refractivity contribution in [2.45, 2.75) is 13.3 Å². The molecule has 0 spiro atoms. The molecular formula is C12H20N2. The molecule has 1 rings (SSSR count). The van der Waals surface area contributed by atoms with Crippen molar-refractivity contribution in [1.29, 1.82) is 0 Å². The van der Waals surface area contributed by atoms with Crippen LogP contribution in [0.1, 0.15) is 12.5 Å². The van der Waals surface area contributed by atoms with E-state index in [1.165, 1.54) is 11.3 Å². The summed E-state index contributed by atoms with van der Waals surface area (Å²) in [7, 11) is 4.21. The summed E-state index contributed by atoms with van der Waals surface area (Å²) >= 11 is 0. The number of hydrogen-bond acceptors (Lipinski definition) is 2. The van der Waals surface area contributed by atoms with E-state index in [1.807, 2.05) is 0 Å². The maximum atomic E-state index is 3.29. The molecule has 0 aliphatic heterocycles. The zero-order valence-electron chi connectivity index (χ0n) is 9.38. The van der Waals surface area contributed by atoms with Gasteiger partial charge in [0.15, 0.2) is 0 Å². The van der Waals surface area contributed by atoms with Gasteiger partial charge in [0.25, 0.3) is 0 Å². The zero-order valence-corrected chi connectivity index (χ0v) is 9.38. The van der Waals surface area contributed by atoms with Crippen LogP contribution in [-0.2, 0) is 6.42 Å². The molecule has 0 bridgehead atoms. The van der Waals surface area contributed by atoms with Gasteiger partial charge in [0.1, 0.15) is 0 Å². The molecule has 0 amide bonds. The summed E-state index contributed by atoms with van der Waals surface area (Å²) in [6.45, 7) is 4.21. The molecule has 0 radical (unpaired) electrons. The molecule has 0 aromatic heterocycles. The van der Waals surface area contributed by atoms with Gasteiger partial charge in [0.05, 0.1) is 0 Å². The van der Waals surface area contributed by atoms with Crippen LogP contribution < -0.4 is 5.32 Å². The largest absolute Gasteiger partial charge is 0.385 e. The first-order valence-corrected chi connectivity index (χ1v) is 5.20. The fraction of sp³-hybridized carbons (Fsp3) is 0.500. The second kappa shape index (κ2) is 5.66. The third-order valence-electron chi connectivity index (χ3n) is 2.18. The Kier molecular flexibility index (Phi) is 4.47. The molecule has 14 heavy (non-hydrogen) atoms. The molecular weight excluding hydrogens is 172 g/mol. The molecule has 2 nitrogen and oxygen atoms in total. The summed E-state index contributed by atoms with van der Waals surface area (Å²) in [4.78, 5) is 2.21. The van der Waals surface area contributed by atoms with Crippen molar-refractivity contribution in [2.75, 3.05) is 32.5 Å². The van der Waals surface area contributed by atoms with Crippen LogP contribution in [0.25, 0.3) is 0 Å². The molecule has 0 saturated carbocycles. The predicted octanol–water partition coefficient (Wildman–Crippen LogP) is 2.22. The van der Waals surface area contributed by atoms with E-state index in [0.29, 0.717) is 0 Å². The highest BCUT2D eigenvalue weighted by Crippen LogP contribution is 2.09. The lowest BCUT2D eigenvalue weighted by Gasteiger charge is -2.09. The van der Waals surface area contributed by atoms with Gasteiger partial charge >= 0.3 is 0 Å². The van der Waals surface area contributed by atoms with Gasteiger partial charge in [0.2, 0.25) is 0 Å². The Bertz CT molecular complexity index is 252. The van der Waals surface area contributed by atoms with E-state index in [1.54, 1.807) is 0 Å². The van der Waals surface area contributed by atoms with Crippen LogP contribution in [0.15, 0.2) is 24.3 Å². The maximum Gasteiger partial charge on any atom is 0.0340 e. The van der Waals surface area contributed by atoms with Gasteiger partial charge < -0.3 is 10.2 Å². The minimum atomic E-state index is 0.983. The Balaban J connectivity index is 2.46. The lowest BCUT2D eigenvalue weighted by atomic mass is 10.1. The SMILES string of the molecule is CCNc1ccc(CCN(C)C)cc1. The van der Waals surface area contributed by atoms with Crippen molar-refractivity contribution in [3.05, 3.63) is 29.8 Å². The minimum Gasteiger partial charge on any atom is -0.385 e. The topological polar surface area (TPSA) is 15.3 Å². The first kappa shape index (κ1) is 11.1. The summed E-state index contributed by atoms with van der Waals surface area (Å²) in [5.74, 6) is 0. The first-order valence-electron chi connectivity index (χ1n) is 5.20. The van der Waals surface area contributed by atoms with Gasteiger partial charge in [-0.3, -0.25) is 0 Å². The van der Waals surface area contributed by atoms with Gasteiger partial charge in [-0.1, -0.05) is 12.1 Å². The number of anilines is 1. The standard InChI is InChI=1S/C12H20N2/c1-4-13-12-7-5-11(6-8-12)9-10-14(2)3/h5-8,13H,4,9-10H2,1-3H3. The normalized spacial score (nSPS) is 10.6. The smallest absolute Gasteiger partial charge is 0.0340 e. The van der Waals surface area contributed by atoms with E-state index >= 15 is 0 Å². The van der Waals surface area contributed by atoms with Gasteiger partial charge in [-0.05, 0) is 45.1 Å². The summed E-state index contributed by atoms with van der Waals surface area (Å²) in [6, 6.07) is 8.69. The third-order valence-corrected chi connectivity index (χ3v) is 2.18. The first-order chi connectivity index (χ1) is 6.72. The van der Waals surface area contributed by atoms with Gasteiger partial charge in [0, 0.05) is 18.8 Å². The van der Waals surface area contributed by atoms with E-state index in [9.17, 15) is 0 Å². The number of hydrogen-bond donors (Lipinski definition) is 1. The van der Waals surface area contributed by atoms with Crippen molar-refractivity contribution < 1.29 is 0 Å². The molecule has 0 saturated heterocycles. The van der Waals surface area contributed by atoms with E-state index in [2.05, 4.69) is 55.5 Å². The molecule has 0 fully saturated rings. The summed E-state index contributed by atoms with van der Waals surface area (Å²) in [6.07, 6.45) is 1.12. The Morgan fingerprint density at radius 2 is 1.79 bits per heavy atom. The van der Waals surface area contributed by atoms with Crippen molar-refractivity contribution in [2.24, 2.45) is 0 Å². The Morgan fingerprint density at radius 3 is 2.29 bits per heavy atom. The van der Waals surface area contributed by atoms with E-state index < -0.39 is 0 Å².